The van der Waals surface area contributed by atoms with Crippen LogP contribution in [0, 0.1) is 0 Å². The van der Waals surface area contributed by atoms with E-state index in [0.29, 0.717) is 12.1 Å². The lowest BCUT2D eigenvalue weighted by Gasteiger charge is -2.25. The number of nitrogens with one attached hydrogen (secondary N) is 2. The molecule has 1 aliphatic heterocycles. The smallest absolute Gasteiger partial charge is 0.237 e. The lowest BCUT2D eigenvalue weighted by atomic mass is 10.2. The molecule has 0 aromatic heterocycles. The second-order valence-electron chi connectivity index (χ2n) is 6.04. The van der Waals surface area contributed by atoms with Gasteiger partial charge in [0.1, 0.15) is 0 Å². The molecule has 1 amide bonds. The summed E-state index contributed by atoms with van der Waals surface area (Å²) in [5.74, 6) is 0.174. The topological polar surface area (TPSA) is 44.4 Å². The van der Waals surface area contributed by atoms with Crippen LogP contribution in [0.2, 0.25) is 0 Å². The molecule has 0 spiro atoms. The van der Waals surface area contributed by atoms with Crippen molar-refractivity contribution in [3.63, 3.8) is 0 Å². The maximum atomic E-state index is 12.1. The van der Waals surface area contributed by atoms with Crippen LogP contribution in [0.4, 0.5) is 0 Å². The highest BCUT2D eigenvalue weighted by molar-refractivity contribution is 5.81. The van der Waals surface area contributed by atoms with Crippen LogP contribution in [0.15, 0.2) is 0 Å². The van der Waals surface area contributed by atoms with Crippen molar-refractivity contribution in [3.8, 4) is 0 Å². The standard InChI is InChI=1S/C15H29N3O/c1-3-18-10-6-9-14(18)11-16-12(2)15(19)17-13-7-4-5-8-13/h12-14,16H,3-11H2,1-2H3,(H,17,19)/t12-,14-/m1/s1. The first kappa shape index (κ1) is 14.8. The van der Waals surface area contributed by atoms with E-state index in [0.717, 1.165) is 25.9 Å². The third-order valence-electron chi connectivity index (χ3n) is 4.66. The SMILES string of the molecule is CCN1CCC[C@@H]1CN[C@H](C)C(=O)NC1CCCC1. The van der Waals surface area contributed by atoms with Crippen LogP contribution in [-0.2, 0) is 4.79 Å². The fourth-order valence-corrected chi connectivity index (χ4v) is 3.34. The Morgan fingerprint density at radius 2 is 2.00 bits per heavy atom. The number of carbonyl (C=O) groups excluding carboxylic acids is 1. The van der Waals surface area contributed by atoms with Gasteiger partial charge in [0.2, 0.25) is 5.91 Å². The predicted octanol–water partition coefficient (Wildman–Crippen LogP) is 1.51. The Morgan fingerprint density at radius 3 is 2.68 bits per heavy atom. The third-order valence-corrected chi connectivity index (χ3v) is 4.66. The highest BCUT2D eigenvalue weighted by Gasteiger charge is 2.25. The molecule has 2 atom stereocenters. The van der Waals surface area contributed by atoms with Crippen molar-refractivity contribution in [2.75, 3.05) is 19.6 Å². The summed E-state index contributed by atoms with van der Waals surface area (Å²) in [6.07, 6.45) is 7.40. The van der Waals surface area contributed by atoms with E-state index in [4.69, 9.17) is 0 Å². The molecule has 0 aromatic carbocycles. The van der Waals surface area contributed by atoms with E-state index in [1.54, 1.807) is 0 Å². The van der Waals surface area contributed by atoms with Crippen LogP contribution < -0.4 is 10.6 Å². The number of likely N-dealkylation sites (tertiary alicyclic amines) is 1. The third kappa shape index (κ3) is 4.18. The molecule has 2 fully saturated rings. The molecular formula is C15H29N3O. The summed E-state index contributed by atoms with van der Waals surface area (Å²) in [5, 5.41) is 6.57. The van der Waals surface area contributed by atoms with Crippen LogP contribution >= 0.6 is 0 Å². The van der Waals surface area contributed by atoms with Crippen molar-refractivity contribution >= 4 is 5.91 Å². The van der Waals surface area contributed by atoms with Gasteiger partial charge in [-0.3, -0.25) is 9.69 Å². The second-order valence-corrected chi connectivity index (χ2v) is 6.04. The summed E-state index contributed by atoms with van der Waals surface area (Å²) >= 11 is 0. The van der Waals surface area contributed by atoms with Gasteiger partial charge in [-0.05, 0) is 45.7 Å². The minimum absolute atomic E-state index is 0.0695. The fourth-order valence-electron chi connectivity index (χ4n) is 3.34. The summed E-state index contributed by atoms with van der Waals surface area (Å²) < 4.78 is 0. The Hall–Kier alpha value is -0.610. The first-order chi connectivity index (χ1) is 9.20. The normalized spacial score (nSPS) is 26.7. The summed E-state index contributed by atoms with van der Waals surface area (Å²) in [6.45, 7) is 7.47. The van der Waals surface area contributed by atoms with E-state index in [9.17, 15) is 4.79 Å². The van der Waals surface area contributed by atoms with Crippen molar-refractivity contribution in [2.24, 2.45) is 0 Å². The zero-order valence-electron chi connectivity index (χ0n) is 12.5. The number of hydrogen-bond donors (Lipinski definition) is 2. The van der Waals surface area contributed by atoms with Crippen molar-refractivity contribution in [1.82, 2.24) is 15.5 Å². The maximum absolute atomic E-state index is 12.1. The van der Waals surface area contributed by atoms with Gasteiger partial charge in [0.25, 0.3) is 0 Å². The molecule has 1 saturated carbocycles. The average Bonchev–Trinajstić information content (AvgIpc) is 3.06. The van der Waals surface area contributed by atoms with E-state index in [1.807, 2.05) is 6.92 Å². The Morgan fingerprint density at radius 1 is 1.26 bits per heavy atom. The monoisotopic (exact) mass is 267 g/mol. The Kier molecular flexibility index (Phi) is 5.64. The largest absolute Gasteiger partial charge is 0.352 e. The highest BCUT2D eigenvalue weighted by atomic mass is 16.2. The molecule has 1 saturated heterocycles. The van der Waals surface area contributed by atoms with Gasteiger partial charge in [-0.25, -0.2) is 0 Å². The summed E-state index contributed by atoms with van der Waals surface area (Å²) in [5.41, 5.74) is 0. The molecule has 2 rings (SSSR count). The molecule has 4 heteroatoms. The van der Waals surface area contributed by atoms with E-state index in [2.05, 4.69) is 22.5 Å². The number of likely N-dealkylation sites (N-methyl/N-ethyl adjacent to an activating group) is 1. The molecule has 0 unspecified atom stereocenters. The van der Waals surface area contributed by atoms with Crippen molar-refractivity contribution in [2.45, 2.75) is 70.5 Å². The predicted molar refractivity (Wildman–Crippen MR) is 78.1 cm³/mol. The number of hydrogen-bond acceptors (Lipinski definition) is 3. The van der Waals surface area contributed by atoms with Gasteiger partial charge in [0.05, 0.1) is 6.04 Å². The van der Waals surface area contributed by atoms with Gasteiger partial charge >= 0.3 is 0 Å². The molecule has 1 heterocycles. The van der Waals surface area contributed by atoms with Crippen LogP contribution in [0.5, 0.6) is 0 Å². The highest BCUT2D eigenvalue weighted by Crippen LogP contribution is 2.18. The van der Waals surface area contributed by atoms with Gasteiger partial charge in [-0.1, -0.05) is 19.8 Å². The Balaban J connectivity index is 1.68. The molecule has 2 aliphatic rings. The van der Waals surface area contributed by atoms with E-state index in [1.165, 1.54) is 32.2 Å². The molecule has 0 bridgehead atoms. The van der Waals surface area contributed by atoms with E-state index >= 15 is 0 Å². The van der Waals surface area contributed by atoms with Crippen LogP contribution in [0.1, 0.15) is 52.4 Å². The Labute approximate surface area is 117 Å². The minimum atomic E-state index is -0.0695. The first-order valence-corrected chi connectivity index (χ1v) is 7.98. The van der Waals surface area contributed by atoms with E-state index < -0.39 is 0 Å². The van der Waals surface area contributed by atoms with Gasteiger partial charge in [-0.2, -0.15) is 0 Å². The van der Waals surface area contributed by atoms with Crippen LogP contribution in [0.25, 0.3) is 0 Å². The average molecular weight is 267 g/mol. The van der Waals surface area contributed by atoms with Crippen LogP contribution in [-0.4, -0.2) is 48.6 Å². The Bertz CT molecular complexity index is 289. The lowest BCUT2D eigenvalue weighted by molar-refractivity contribution is -0.123. The van der Waals surface area contributed by atoms with Gasteiger partial charge < -0.3 is 10.6 Å². The van der Waals surface area contributed by atoms with Crippen molar-refractivity contribution < 1.29 is 4.79 Å². The number of rotatable bonds is 6. The summed E-state index contributed by atoms with van der Waals surface area (Å²) in [7, 11) is 0. The maximum Gasteiger partial charge on any atom is 0.237 e. The van der Waals surface area contributed by atoms with Crippen molar-refractivity contribution in [3.05, 3.63) is 0 Å². The lowest BCUT2D eigenvalue weighted by Crippen LogP contribution is -2.49. The number of carbonyl (C=O) groups is 1. The fraction of sp³-hybridized carbons (Fsp3) is 0.933. The molecule has 2 N–H and O–H groups in total. The van der Waals surface area contributed by atoms with Gasteiger partial charge in [-0.15, -0.1) is 0 Å². The number of nitrogens with zero attached hydrogens (tertiary/aromatic N) is 1. The molecule has 110 valence electrons. The first-order valence-electron chi connectivity index (χ1n) is 7.98. The molecule has 4 nitrogen and oxygen atoms in total. The van der Waals surface area contributed by atoms with Gasteiger partial charge in [0, 0.05) is 18.6 Å². The molecule has 0 radical (unpaired) electrons. The van der Waals surface area contributed by atoms with E-state index in [-0.39, 0.29) is 11.9 Å². The van der Waals surface area contributed by atoms with Gasteiger partial charge in [0.15, 0.2) is 0 Å². The quantitative estimate of drug-likeness (QED) is 0.767. The molecular weight excluding hydrogens is 238 g/mol. The van der Waals surface area contributed by atoms with Crippen LogP contribution in [0.3, 0.4) is 0 Å². The molecule has 19 heavy (non-hydrogen) atoms. The van der Waals surface area contributed by atoms with Crippen molar-refractivity contribution in [1.29, 1.82) is 0 Å². The zero-order valence-corrected chi connectivity index (χ0v) is 12.5. The molecule has 1 aliphatic carbocycles. The zero-order chi connectivity index (χ0) is 13.7. The second kappa shape index (κ2) is 7.25. The summed E-state index contributed by atoms with van der Waals surface area (Å²) in [4.78, 5) is 14.6. The summed E-state index contributed by atoms with van der Waals surface area (Å²) in [6, 6.07) is 0.974. The minimum Gasteiger partial charge on any atom is -0.352 e. The molecule has 0 aromatic rings. The number of amides is 1.